The van der Waals surface area contributed by atoms with E-state index in [9.17, 15) is 14.9 Å². The van der Waals surface area contributed by atoms with Gasteiger partial charge in [0.1, 0.15) is 23.7 Å². The van der Waals surface area contributed by atoms with Gasteiger partial charge in [-0.25, -0.2) is 4.79 Å². The lowest BCUT2D eigenvalue weighted by Crippen LogP contribution is -2.06. The molecule has 2 rings (SSSR count). The summed E-state index contributed by atoms with van der Waals surface area (Å²) in [5, 5.41) is 10.8. The first kappa shape index (κ1) is 16.3. The zero-order chi connectivity index (χ0) is 16.8. The Bertz CT molecular complexity index is 728. The molecule has 0 aliphatic carbocycles. The second-order valence-corrected chi connectivity index (χ2v) is 4.57. The summed E-state index contributed by atoms with van der Waals surface area (Å²) in [7, 11) is 2.77. The van der Waals surface area contributed by atoms with Gasteiger partial charge in [0.15, 0.2) is 0 Å². The maximum Gasteiger partial charge on any atom is 0.341 e. The lowest BCUT2D eigenvalue weighted by molar-refractivity contribution is -0.384. The zero-order valence-corrected chi connectivity index (χ0v) is 12.6. The van der Waals surface area contributed by atoms with Gasteiger partial charge in [-0.3, -0.25) is 10.1 Å². The molecule has 0 N–H and O–H groups in total. The number of nitrogens with zero attached hydrogens (tertiary/aromatic N) is 1. The molecule has 2 aromatic rings. The van der Waals surface area contributed by atoms with Crippen molar-refractivity contribution >= 4 is 11.7 Å². The first-order valence-corrected chi connectivity index (χ1v) is 6.67. The standard InChI is InChI=1S/C16H15NO6/c1-21-13-6-7-14(16(18)22-2)15(9-13)23-10-11-4-3-5-12(8-11)17(19)20/h3-9H,10H2,1-2H3. The molecule has 0 saturated carbocycles. The third-order valence-electron chi connectivity index (χ3n) is 3.11. The molecule has 0 spiro atoms. The molecule has 0 radical (unpaired) electrons. The Labute approximate surface area is 132 Å². The van der Waals surface area contributed by atoms with E-state index in [1.807, 2.05) is 0 Å². The van der Waals surface area contributed by atoms with Crippen LogP contribution < -0.4 is 9.47 Å². The van der Waals surface area contributed by atoms with Crippen molar-refractivity contribution in [3.05, 3.63) is 63.7 Å². The van der Waals surface area contributed by atoms with Gasteiger partial charge in [-0.15, -0.1) is 0 Å². The monoisotopic (exact) mass is 317 g/mol. The van der Waals surface area contributed by atoms with Gasteiger partial charge in [-0.1, -0.05) is 12.1 Å². The van der Waals surface area contributed by atoms with Gasteiger partial charge in [0, 0.05) is 18.2 Å². The fraction of sp³-hybridized carbons (Fsp3) is 0.188. The van der Waals surface area contributed by atoms with Crippen molar-refractivity contribution in [2.75, 3.05) is 14.2 Å². The van der Waals surface area contributed by atoms with Crippen LogP contribution in [0.25, 0.3) is 0 Å². The quantitative estimate of drug-likeness (QED) is 0.462. The highest BCUT2D eigenvalue weighted by molar-refractivity contribution is 5.92. The molecular formula is C16H15NO6. The fourth-order valence-corrected chi connectivity index (χ4v) is 1.95. The van der Waals surface area contributed by atoms with Gasteiger partial charge >= 0.3 is 5.97 Å². The topological polar surface area (TPSA) is 87.9 Å². The van der Waals surface area contributed by atoms with E-state index in [-0.39, 0.29) is 23.6 Å². The number of rotatable bonds is 6. The Morgan fingerprint density at radius 2 is 1.96 bits per heavy atom. The molecule has 0 bridgehead atoms. The van der Waals surface area contributed by atoms with Crippen molar-refractivity contribution in [2.24, 2.45) is 0 Å². The van der Waals surface area contributed by atoms with Crippen LogP contribution in [0, 0.1) is 10.1 Å². The lowest BCUT2D eigenvalue weighted by Gasteiger charge is -2.12. The molecule has 0 atom stereocenters. The predicted molar refractivity (Wildman–Crippen MR) is 81.8 cm³/mol. The van der Waals surface area contributed by atoms with E-state index in [0.29, 0.717) is 11.3 Å². The van der Waals surface area contributed by atoms with E-state index < -0.39 is 10.9 Å². The number of nitro benzene ring substituents is 1. The van der Waals surface area contributed by atoms with Gasteiger partial charge < -0.3 is 14.2 Å². The minimum absolute atomic E-state index is 0.0232. The molecule has 0 saturated heterocycles. The third-order valence-corrected chi connectivity index (χ3v) is 3.11. The Morgan fingerprint density at radius 1 is 1.17 bits per heavy atom. The maximum absolute atomic E-state index is 11.8. The number of methoxy groups -OCH3 is 2. The zero-order valence-electron chi connectivity index (χ0n) is 12.6. The van der Waals surface area contributed by atoms with Crippen LogP contribution in [0.5, 0.6) is 11.5 Å². The Hall–Kier alpha value is -3.09. The molecule has 7 nitrogen and oxygen atoms in total. The molecule has 7 heteroatoms. The number of hydrogen-bond acceptors (Lipinski definition) is 6. The van der Waals surface area contributed by atoms with Gasteiger partial charge in [0.2, 0.25) is 0 Å². The molecule has 23 heavy (non-hydrogen) atoms. The molecule has 0 aliphatic heterocycles. The summed E-state index contributed by atoms with van der Waals surface area (Å²) in [6.07, 6.45) is 0. The van der Waals surface area contributed by atoms with Crippen molar-refractivity contribution < 1.29 is 23.9 Å². The molecule has 120 valence electrons. The van der Waals surface area contributed by atoms with Crippen molar-refractivity contribution in [1.29, 1.82) is 0 Å². The van der Waals surface area contributed by atoms with Gasteiger partial charge in [-0.05, 0) is 17.7 Å². The van der Waals surface area contributed by atoms with E-state index in [0.717, 1.165) is 0 Å². The van der Waals surface area contributed by atoms with Crippen LogP contribution in [0.15, 0.2) is 42.5 Å². The van der Waals surface area contributed by atoms with Gasteiger partial charge in [0.25, 0.3) is 5.69 Å². The van der Waals surface area contributed by atoms with E-state index in [2.05, 4.69) is 0 Å². The highest BCUT2D eigenvalue weighted by Crippen LogP contribution is 2.26. The Kier molecular flexibility index (Phi) is 5.14. The number of hydrogen-bond donors (Lipinski definition) is 0. The highest BCUT2D eigenvalue weighted by atomic mass is 16.6. The molecule has 0 aromatic heterocycles. The Balaban J connectivity index is 2.23. The summed E-state index contributed by atoms with van der Waals surface area (Å²) >= 11 is 0. The van der Waals surface area contributed by atoms with Gasteiger partial charge in [0.05, 0.1) is 19.1 Å². The molecule has 0 aliphatic rings. The SMILES string of the molecule is COC(=O)c1ccc(OC)cc1OCc1cccc([N+](=O)[O-])c1. The first-order chi connectivity index (χ1) is 11.0. The summed E-state index contributed by atoms with van der Waals surface area (Å²) in [5.41, 5.74) is 0.835. The van der Waals surface area contributed by atoms with E-state index in [4.69, 9.17) is 14.2 Å². The summed E-state index contributed by atoms with van der Waals surface area (Å²) in [6, 6.07) is 10.8. The number of carbonyl (C=O) groups excluding carboxylic acids is 1. The third kappa shape index (κ3) is 3.97. The summed E-state index contributed by atoms with van der Waals surface area (Å²) in [4.78, 5) is 22.1. The first-order valence-electron chi connectivity index (χ1n) is 6.67. The number of nitro groups is 1. The van der Waals surface area contributed by atoms with Crippen molar-refractivity contribution in [3.8, 4) is 11.5 Å². The minimum Gasteiger partial charge on any atom is -0.497 e. The van der Waals surface area contributed by atoms with Crippen LogP contribution in [0.3, 0.4) is 0 Å². The van der Waals surface area contributed by atoms with E-state index in [1.54, 1.807) is 24.3 Å². The normalized spacial score (nSPS) is 10.0. The van der Waals surface area contributed by atoms with Crippen LogP contribution in [0.4, 0.5) is 5.69 Å². The van der Waals surface area contributed by atoms with Crippen LogP contribution in [-0.4, -0.2) is 25.1 Å². The molecule has 0 fully saturated rings. The number of carbonyl (C=O) groups is 1. The largest absolute Gasteiger partial charge is 0.497 e. The average Bonchev–Trinajstić information content (AvgIpc) is 2.59. The van der Waals surface area contributed by atoms with Crippen LogP contribution >= 0.6 is 0 Å². The highest BCUT2D eigenvalue weighted by Gasteiger charge is 2.15. The van der Waals surface area contributed by atoms with Crippen LogP contribution in [-0.2, 0) is 11.3 Å². The summed E-state index contributed by atoms with van der Waals surface area (Å²) in [6.45, 7) is 0.0683. The molecule has 0 unspecified atom stereocenters. The number of ether oxygens (including phenoxy) is 3. The minimum atomic E-state index is -0.540. The molecule has 0 amide bonds. The number of benzene rings is 2. The number of non-ortho nitro benzene ring substituents is 1. The Morgan fingerprint density at radius 3 is 2.61 bits per heavy atom. The lowest BCUT2D eigenvalue weighted by atomic mass is 10.2. The van der Waals surface area contributed by atoms with Crippen molar-refractivity contribution in [2.45, 2.75) is 6.61 Å². The molecular weight excluding hydrogens is 302 g/mol. The van der Waals surface area contributed by atoms with E-state index in [1.165, 1.54) is 32.4 Å². The second kappa shape index (κ2) is 7.26. The molecule has 0 heterocycles. The second-order valence-electron chi connectivity index (χ2n) is 4.57. The van der Waals surface area contributed by atoms with Gasteiger partial charge in [-0.2, -0.15) is 0 Å². The van der Waals surface area contributed by atoms with Crippen LogP contribution in [0.1, 0.15) is 15.9 Å². The maximum atomic E-state index is 11.8. The average molecular weight is 317 g/mol. The fourth-order valence-electron chi connectivity index (χ4n) is 1.95. The van der Waals surface area contributed by atoms with E-state index >= 15 is 0 Å². The summed E-state index contributed by atoms with van der Waals surface area (Å²) in [5.74, 6) is 0.260. The molecule has 2 aromatic carbocycles. The summed E-state index contributed by atoms with van der Waals surface area (Å²) < 4.78 is 15.4. The number of esters is 1. The predicted octanol–water partition coefficient (Wildman–Crippen LogP) is 2.97. The van der Waals surface area contributed by atoms with Crippen molar-refractivity contribution in [1.82, 2.24) is 0 Å². The smallest absolute Gasteiger partial charge is 0.341 e. The van der Waals surface area contributed by atoms with Crippen LogP contribution in [0.2, 0.25) is 0 Å². The van der Waals surface area contributed by atoms with Crippen molar-refractivity contribution in [3.63, 3.8) is 0 Å².